The predicted octanol–water partition coefficient (Wildman–Crippen LogP) is 3.07. The fraction of sp³-hybridized carbons (Fsp3) is 0.150. The van der Waals surface area contributed by atoms with E-state index in [-0.39, 0.29) is 17.3 Å². The van der Waals surface area contributed by atoms with E-state index in [0.717, 1.165) is 16.2 Å². The van der Waals surface area contributed by atoms with Crippen LogP contribution in [0.4, 0.5) is 0 Å². The van der Waals surface area contributed by atoms with Crippen LogP contribution in [0, 0.1) is 0 Å². The molecule has 9 nitrogen and oxygen atoms in total. The number of methoxy groups -OCH3 is 1. The highest BCUT2D eigenvalue weighted by molar-refractivity contribution is 9.10. The molecule has 1 amide bonds. The van der Waals surface area contributed by atoms with Gasteiger partial charge in [-0.2, -0.15) is 5.10 Å². The highest BCUT2D eigenvalue weighted by atomic mass is 79.9. The van der Waals surface area contributed by atoms with Gasteiger partial charge in [-0.05, 0) is 42.5 Å². The second-order valence-corrected chi connectivity index (χ2v) is 8.25. The van der Waals surface area contributed by atoms with Crippen molar-refractivity contribution >= 4 is 56.9 Å². The van der Waals surface area contributed by atoms with Crippen molar-refractivity contribution in [1.29, 1.82) is 0 Å². The monoisotopic (exact) mass is 505 g/mol. The van der Waals surface area contributed by atoms with Crippen LogP contribution in [-0.2, 0) is 9.59 Å². The zero-order chi connectivity index (χ0) is 22.4. The number of aliphatic carboxylic acids is 1. The number of carbonyl (C=O) groups excluding carboxylic acids is 2. The van der Waals surface area contributed by atoms with Gasteiger partial charge in [0, 0.05) is 10.0 Å². The van der Waals surface area contributed by atoms with Crippen LogP contribution in [0.3, 0.4) is 0 Å². The standard InChI is InChI=1S/C20H16BrN3O6S/c1-29-14-5-2-11(3-6-14)19(28)30-15-7-4-13(21)8-12(15)10-22-24-20-23-18(27)16(31-20)9-17(25)26/h2-8,10,16H,9H2,1H3,(H,25,26)(H,23,24,27)/b22-10-/t16-/m1/s1. The fourth-order valence-electron chi connectivity index (χ4n) is 2.49. The first-order chi connectivity index (χ1) is 14.9. The molecule has 2 aromatic rings. The summed E-state index contributed by atoms with van der Waals surface area (Å²) < 4.78 is 11.3. The molecule has 0 saturated carbocycles. The molecule has 2 aromatic carbocycles. The minimum absolute atomic E-state index is 0.194. The number of nitrogens with zero attached hydrogens (tertiary/aromatic N) is 2. The molecule has 1 aliphatic heterocycles. The molecule has 160 valence electrons. The number of halogens is 1. The Bertz CT molecular complexity index is 1070. The zero-order valence-electron chi connectivity index (χ0n) is 16.1. The molecule has 0 aliphatic carbocycles. The van der Waals surface area contributed by atoms with Crippen molar-refractivity contribution in [2.24, 2.45) is 10.2 Å². The van der Waals surface area contributed by atoms with Gasteiger partial charge in [0.25, 0.3) is 0 Å². The van der Waals surface area contributed by atoms with Crippen molar-refractivity contribution in [3.63, 3.8) is 0 Å². The van der Waals surface area contributed by atoms with Gasteiger partial charge < -0.3 is 19.9 Å². The average Bonchev–Trinajstić information content (AvgIpc) is 3.08. The molecule has 1 fully saturated rings. The first-order valence-electron chi connectivity index (χ1n) is 8.82. The van der Waals surface area contributed by atoms with E-state index < -0.39 is 23.1 Å². The predicted molar refractivity (Wildman–Crippen MR) is 119 cm³/mol. The Balaban J connectivity index is 1.73. The normalized spacial score (nSPS) is 17.0. The van der Waals surface area contributed by atoms with Crippen LogP contribution in [0.1, 0.15) is 22.3 Å². The van der Waals surface area contributed by atoms with Gasteiger partial charge in [0.15, 0.2) is 5.17 Å². The smallest absolute Gasteiger partial charge is 0.343 e. The maximum Gasteiger partial charge on any atom is 0.343 e. The molecule has 1 atom stereocenters. The minimum Gasteiger partial charge on any atom is -0.497 e. The van der Waals surface area contributed by atoms with Crippen molar-refractivity contribution in [2.45, 2.75) is 11.7 Å². The second-order valence-electron chi connectivity index (χ2n) is 6.14. The van der Waals surface area contributed by atoms with E-state index in [1.165, 1.54) is 13.3 Å². The summed E-state index contributed by atoms with van der Waals surface area (Å²) in [5, 5.41) is 18.6. The third-order valence-electron chi connectivity index (χ3n) is 3.98. The maximum absolute atomic E-state index is 12.4. The summed E-state index contributed by atoms with van der Waals surface area (Å²) in [6.07, 6.45) is 1.06. The summed E-state index contributed by atoms with van der Waals surface area (Å²) >= 11 is 4.34. The Morgan fingerprint density at radius 2 is 2.00 bits per heavy atom. The van der Waals surface area contributed by atoms with E-state index in [4.69, 9.17) is 14.6 Å². The van der Waals surface area contributed by atoms with Gasteiger partial charge in [-0.1, -0.05) is 27.7 Å². The van der Waals surface area contributed by atoms with Gasteiger partial charge in [0.1, 0.15) is 16.7 Å². The van der Waals surface area contributed by atoms with Gasteiger partial charge in [0.05, 0.1) is 25.3 Å². The summed E-state index contributed by atoms with van der Waals surface area (Å²) in [5.74, 6) is -1.18. The molecule has 0 spiro atoms. The van der Waals surface area contributed by atoms with Gasteiger partial charge in [-0.15, -0.1) is 5.10 Å². The summed E-state index contributed by atoms with van der Waals surface area (Å²) in [5.41, 5.74) is 0.818. The lowest BCUT2D eigenvalue weighted by Crippen LogP contribution is -2.26. The number of esters is 1. The van der Waals surface area contributed by atoms with Gasteiger partial charge in [-0.3, -0.25) is 9.59 Å². The van der Waals surface area contributed by atoms with Crippen LogP contribution in [0.15, 0.2) is 57.1 Å². The molecule has 0 unspecified atom stereocenters. The Morgan fingerprint density at radius 3 is 2.68 bits per heavy atom. The Kier molecular flexibility index (Phi) is 7.42. The van der Waals surface area contributed by atoms with E-state index in [1.807, 2.05) is 0 Å². The van der Waals surface area contributed by atoms with Gasteiger partial charge in [-0.25, -0.2) is 4.79 Å². The molecule has 0 radical (unpaired) electrons. The molecular weight excluding hydrogens is 490 g/mol. The van der Waals surface area contributed by atoms with Crippen LogP contribution >= 0.6 is 27.7 Å². The highest BCUT2D eigenvalue weighted by Crippen LogP contribution is 2.24. The number of hydrogen-bond acceptors (Lipinski definition) is 8. The van der Waals surface area contributed by atoms with Gasteiger partial charge >= 0.3 is 11.9 Å². The zero-order valence-corrected chi connectivity index (χ0v) is 18.5. The molecule has 3 rings (SSSR count). The van der Waals surface area contributed by atoms with E-state index in [0.29, 0.717) is 16.9 Å². The number of nitrogens with one attached hydrogen (secondary N) is 1. The van der Waals surface area contributed by atoms with E-state index in [1.54, 1.807) is 42.5 Å². The largest absolute Gasteiger partial charge is 0.497 e. The first kappa shape index (κ1) is 22.5. The van der Waals surface area contributed by atoms with E-state index in [2.05, 4.69) is 31.4 Å². The van der Waals surface area contributed by atoms with E-state index in [9.17, 15) is 14.4 Å². The van der Waals surface area contributed by atoms with Crippen LogP contribution in [0.5, 0.6) is 11.5 Å². The number of rotatable bonds is 7. The van der Waals surface area contributed by atoms with Crippen LogP contribution < -0.4 is 14.8 Å². The van der Waals surface area contributed by atoms with Crippen LogP contribution in [0.2, 0.25) is 0 Å². The molecule has 11 heteroatoms. The Labute approximate surface area is 189 Å². The third kappa shape index (κ3) is 6.15. The van der Waals surface area contributed by atoms with Crippen LogP contribution in [0.25, 0.3) is 0 Å². The molecule has 0 aromatic heterocycles. The molecule has 31 heavy (non-hydrogen) atoms. The SMILES string of the molecule is COc1ccc(C(=O)Oc2ccc(Br)cc2/C=N\N=C2\NC(=O)[C@@H](CC(=O)O)S2)cc1. The lowest BCUT2D eigenvalue weighted by molar-refractivity contribution is -0.138. The van der Waals surface area contributed by atoms with Crippen molar-refractivity contribution in [1.82, 2.24) is 5.32 Å². The molecule has 1 heterocycles. The molecule has 0 bridgehead atoms. The van der Waals surface area contributed by atoms with Crippen molar-refractivity contribution in [2.75, 3.05) is 7.11 Å². The molecule has 2 N–H and O–H groups in total. The number of amides is 1. The second kappa shape index (κ2) is 10.2. The number of ether oxygens (including phenoxy) is 2. The molecular formula is C20H16BrN3O6S. The van der Waals surface area contributed by atoms with Crippen molar-refractivity contribution < 1.29 is 29.0 Å². The number of hydrogen-bond donors (Lipinski definition) is 2. The average molecular weight is 506 g/mol. The first-order valence-corrected chi connectivity index (χ1v) is 10.5. The van der Waals surface area contributed by atoms with Crippen molar-refractivity contribution in [3.05, 3.63) is 58.1 Å². The third-order valence-corrected chi connectivity index (χ3v) is 5.55. The number of carboxylic acids is 1. The minimum atomic E-state index is -1.07. The topological polar surface area (TPSA) is 127 Å². The lowest BCUT2D eigenvalue weighted by Gasteiger charge is -2.08. The highest BCUT2D eigenvalue weighted by Gasteiger charge is 2.32. The number of carbonyl (C=O) groups is 3. The number of carboxylic acid groups (broad SMARTS) is 1. The van der Waals surface area contributed by atoms with Gasteiger partial charge in [0.2, 0.25) is 5.91 Å². The number of amidine groups is 1. The Hall–Kier alpha value is -3.18. The summed E-state index contributed by atoms with van der Waals surface area (Å²) in [6.45, 7) is 0. The number of thioether (sulfide) groups is 1. The number of benzene rings is 2. The molecule has 1 saturated heterocycles. The van der Waals surface area contributed by atoms with Crippen molar-refractivity contribution in [3.8, 4) is 11.5 Å². The summed E-state index contributed by atoms with van der Waals surface area (Å²) in [7, 11) is 1.53. The van der Waals surface area contributed by atoms with E-state index >= 15 is 0 Å². The van der Waals surface area contributed by atoms with Crippen LogP contribution in [-0.4, -0.2) is 46.7 Å². The maximum atomic E-state index is 12.4. The fourth-order valence-corrected chi connectivity index (χ4v) is 3.78. The molecule has 1 aliphatic rings. The summed E-state index contributed by atoms with van der Waals surface area (Å²) in [4.78, 5) is 35.0. The lowest BCUT2D eigenvalue weighted by atomic mass is 10.2. The summed E-state index contributed by atoms with van der Waals surface area (Å²) in [6, 6.07) is 11.5. The Morgan fingerprint density at radius 1 is 1.26 bits per heavy atom. The quantitative estimate of drug-likeness (QED) is 0.256.